The molecule has 9 nitrogen and oxygen atoms in total. The van der Waals surface area contributed by atoms with Crippen LogP contribution in [0.5, 0.6) is 0 Å². The summed E-state index contributed by atoms with van der Waals surface area (Å²) in [6.07, 6.45) is -4.72. The van der Waals surface area contributed by atoms with Gasteiger partial charge in [0.1, 0.15) is 0 Å². The van der Waals surface area contributed by atoms with Crippen molar-refractivity contribution in [1.82, 2.24) is 10.2 Å². The van der Waals surface area contributed by atoms with Gasteiger partial charge in [-0.3, -0.25) is 20.2 Å². The quantitative estimate of drug-likeness (QED) is 0.311. The fourth-order valence-corrected chi connectivity index (χ4v) is 2.98. The van der Waals surface area contributed by atoms with Crippen LogP contribution in [-0.2, 0) is 11.9 Å². The minimum atomic E-state index is -4.72. The average molecular weight is 426 g/mol. The van der Waals surface area contributed by atoms with Gasteiger partial charge in [-0.25, -0.2) is 0 Å². The molecule has 0 fully saturated rings. The van der Waals surface area contributed by atoms with Crippen molar-refractivity contribution < 1.29 is 27.4 Å². The maximum absolute atomic E-state index is 12.9. The highest BCUT2D eigenvalue weighted by atomic mass is 32.2. The Kier molecular flexibility index (Phi) is 5.50. The van der Waals surface area contributed by atoms with Gasteiger partial charge in [0.25, 0.3) is 16.6 Å². The molecule has 0 atom stereocenters. The molecule has 13 heteroatoms. The van der Waals surface area contributed by atoms with Crippen molar-refractivity contribution in [1.29, 1.82) is 0 Å². The van der Waals surface area contributed by atoms with E-state index in [1.807, 2.05) is 0 Å². The van der Waals surface area contributed by atoms with E-state index in [0.29, 0.717) is 11.6 Å². The van der Waals surface area contributed by atoms with Crippen LogP contribution in [0, 0.1) is 20.2 Å². The molecule has 0 spiro atoms. The minimum absolute atomic E-state index is 0.0263. The summed E-state index contributed by atoms with van der Waals surface area (Å²) < 4.78 is 44.2. The lowest BCUT2D eigenvalue weighted by Crippen LogP contribution is -2.06. The molecule has 0 unspecified atom stereocenters. The van der Waals surface area contributed by atoms with E-state index in [1.54, 1.807) is 0 Å². The number of thioether (sulfide) groups is 1. The summed E-state index contributed by atoms with van der Waals surface area (Å²) >= 11 is 0.898. The van der Waals surface area contributed by atoms with Gasteiger partial charge in [0.05, 0.1) is 15.4 Å². The summed E-state index contributed by atoms with van der Waals surface area (Å²) in [5.41, 5.74) is -1.43. The first-order chi connectivity index (χ1) is 13.6. The van der Waals surface area contributed by atoms with E-state index in [0.717, 1.165) is 23.9 Å². The van der Waals surface area contributed by atoms with Crippen molar-refractivity contribution in [2.45, 2.75) is 17.2 Å². The topological polar surface area (TPSA) is 125 Å². The molecule has 0 aliphatic rings. The summed E-state index contributed by atoms with van der Waals surface area (Å²) in [7, 11) is 0. The van der Waals surface area contributed by atoms with Crippen LogP contribution in [-0.4, -0.2) is 20.0 Å². The lowest BCUT2D eigenvalue weighted by molar-refractivity contribution is -0.385. The van der Waals surface area contributed by atoms with Crippen molar-refractivity contribution in [2.75, 3.05) is 0 Å². The first-order valence-electron chi connectivity index (χ1n) is 7.70. The monoisotopic (exact) mass is 426 g/mol. The van der Waals surface area contributed by atoms with Crippen molar-refractivity contribution in [3.05, 3.63) is 73.8 Å². The number of aromatic nitrogens is 2. The lowest BCUT2D eigenvalue weighted by atomic mass is 10.1. The van der Waals surface area contributed by atoms with Crippen LogP contribution in [0.25, 0.3) is 11.5 Å². The zero-order valence-corrected chi connectivity index (χ0v) is 14.9. The van der Waals surface area contributed by atoms with E-state index < -0.39 is 27.3 Å². The molecule has 3 aromatic rings. The molecular weight excluding hydrogens is 417 g/mol. The largest absolute Gasteiger partial charge is 0.416 e. The third-order valence-corrected chi connectivity index (χ3v) is 4.50. The van der Waals surface area contributed by atoms with E-state index in [2.05, 4.69) is 10.2 Å². The third-order valence-electron chi connectivity index (χ3n) is 3.61. The van der Waals surface area contributed by atoms with Crippen LogP contribution in [0.15, 0.2) is 52.1 Å². The van der Waals surface area contributed by atoms with Crippen molar-refractivity contribution in [3.8, 4) is 11.5 Å². The zero-order chi connectivity index (χ0) is 21.2. The van der Waals surface area contributed by atoms with E-state index in [1.165, 1.54) is 24.3 Å². The number of rotatable bonds is 6. The molecule has 0 aliphatic carbocycles. The first-order valence-corrected chi connectivity index (χ1v) is 8.69. The predicted molar refractivity (Wildman–Crippen MR) is 94.0 cm³/mol. The molecule has 1 aromatic heterocycles. The predicted octanol–water partition coefficient (Wildman–Crippen LogP) is 4.86. The highest BCUT2D eigenvalue weighted by molar-refractivity contribution is 7.98. The number of hydrogen-bond acceptors (Lipinski definition) is 8. The SMILES string of the molecule is O=[N+]([O-])c1ccc(-c2nnc(SCc3cc([N+](=O)[O-])cc(C(F)(F)F)c3)o2)cc1. The molecule has 1 heterocycles. The van der Waals surface area contributed by atoms with Crippen molar-refractivity contribution in [3.63, 3.8) is 0 Å². The third kappa shape index (κ3) is 4.87. The van der Waals surface area contributed by atoms with Gasteiger partial charge >= 0.3 is 6.18 Å². The van der Waals surface area contributed by atoms with Crippen LogP contribution in [0.3, 0.4) is 0 Å². The number of nitrogens with zero attached hydrogens (tertiary/aromatic N) is 4. The Bertz CT molecular complexity index is 1070. The van der Waals surface area contributed by atoms with E-state index >= 15 is 0 Å². The Labute approximate surface area is 163 Å². The maximum atomic E-state index is 12.9. The second-order valence-electron chi connectivity index (χ2n) is 5.61. The van der Waals surface area contributed by atoms with Crippen LogP contribution in [0.1, 0.15) is 11.1 Å². The number of hydrogen-bond donors (Lipinski definition) is 0. The first kappa shape index (κ1) is 20.3. The van der Waals surface area contributed by atoms with Crippen LogP contribution < -0.4 is 0 Å². The molecule has 29 heavy (non-hydrogen) atoms. The number of non-ortho nitro benzene ring substituents is 2. The number of nitro groups is 2. The molecule has 0 saturated carbocycles. The van der Waals surface area contributed by atoms with E-state index in [-0.39, 0.29) is 28.1 Å². The number of nitro benzene ring substituents is 2. The van der Waals surface area contributed by atoms with Gasteiger partial charge < -0.3 is 4.42 Å². The Morgan fingerprint density at radius 2 is 1.62 bits per heavy atom. The van der Waals surface area contributed by atoms with Crippen molar-refractivity contribution in [2.24, 2.45) is 0 Å². The molecule has 2 aromatic carbocycles. The molecular formula is C16H9F3N4O5S. The van der Waals surface area contributed by atoms with Crippen molar-refractivity contribution >= 4 is 23.1 Å². The number of alkyl halides is 3. The summed E-state index contributed by atoms with van der Waals surface area (Å²) in [6, 6.07) is 7.66. The summed E-state index contributed by atoms with van der Waals surface area (Å²) in [5.74, 6) is -0.00968. The Morgan fingerprint density at radius 3 is 2.21 bits per heavy atom. The van der Waals surface area contributed by atoms with Gasteiger partial charge in [-0.05, 0) is 23.8 Å². The molecule has 0 radical (unpaired) electrons. The Hall–Kier alpha value is -3.48. The van der Waals surface area contributed by atoms with Crippen LogP contribution in [0.4, 0.5) is 24.5 Å². The fraction of sp³-hybridized carbons (Fsp3) is 0.125. The van der Waals surface area contributed by atoms with E-state index in [4.69, 9.17) is 4.42 Å². The molecule has 0 saturated heterocycles. The average Bonchev–Trinajstić information content (AvgIpc) is 3.14. The van der Waals surface area contributed by atoms with Gasteiger partial charge in [0.2, 0.25) is 5.89 Å². The van der Waals surface area contributed by atoms with Crippen LogP contribution in [0.2, 0.25) is 0 Å². The normalized spacial score (nSPS) is 11.4. The van der Waals surface area contributed by atoms with Gasteiger partial charge in [0.15, 0.2) is 0 Å². The van der Waals surface area contributed by atoms with Gasteiger partial charge in [0, 0.05) is 35.6 Å². The fourth-order valence-electron chi connectivity index (χ4n) is 2.28. The lowest BCUT2D eigenvalue weighted by Gasteiger charge is -2.08. The molecule has 150 valence electrons. The smallest absolute Gasteiger partial charge is 0.411 e. The Balaban J connectivity index is 1.76. The number of halogens is 3. The van der Waals surface area contributed by atoms with E-state index in [9.17, 15) is 33.4 Å². The number of benzene rings is 2. The standard InChI is InChI=1S/C16H9F3N4O5S/c17-16(18,19)11-5-9(6-13(7-11)23(26)27)8-29-15-21-20-14(28-15)10-1-3-12(4-2-10)22(24)25/h1-7H,8H2. The molecule has 0 amide bonds. The minimum Gasteiger partial charge on any atom is -0.411 e. The van der Waals surface area contributed by atoms with Gasteiger partial charge in [-0.1, -0.05) is 11.8 Å². The maximum Gasteiger partial charge on any atom is 0.416 e. The van der Waals surface area contributed by atoms with Gasteiger partial charge in [-0.2, -0.15) is 13.2 Å². The highest BCUT2D eigenvalue weighted by Gasteiger charge is 2.32. The van der Waals surface area contributed by atoms with Crippen LogP contribution >= 0.6 is 11.8 Å². The summed E-state index contributed by atoms with van der Waals surface area (Å²) in [6.45, 7) is 0. The highest BCUT2D eigenvalue weighted by Crippen LogP contribution is 2.34. The molecule has 0 aliphatic heterocycles. The Morgan fingerprint density at radius 1 is 0.966 bits per heavy atom. The molecule has 0 bridgehead atoms. The summed E-state index contributed by atoms with van der Waals surface area (Å²) in [5, 5.41) is 29.1. The second kappa shape index (κ2) is 7.87. The van der Waals surface area contributed by atoms with Gasteiger partial charge in [-0.15, -0.1) is 10.2 Å². The summed E-state index contributed by atoms with van der Waals surface area (Å²) in [4.78, 5) is 20.1. The molecule has 3 rings (SSSR count). The second-order valence-corrected chi connectivity index (χ2v) is 6.54. The zero-order valence-electron chi connectivity index (χ0n) is 14.1. The molecule has 0 N–H and O–H groups in total.